The predicted molar refractivity (Wildman–Crippen MR) is 60.2 cm³/mol. The first-order valence-corrected chi connectivity index (χ1v) is 6.02. The number of halogens is 12. The van der Waals surface area contributed by atoms with Gasteiger partial charge in [-0.25, -0.2) is 0 Å². The summed E-state index contributed by atoms with van der Waals surface area (Å²) in [6, 6.07) is 0. The van der Waals surface area contributed by atoms with Gasteiger partial charge in [-0.15, -0.1) is 11.6 Å². The molecule has 0 radical (unpaired) electrons. The zero-order valence-corrected chi connectivity index (χ0v) is 12.0. The molecule has 0 bridgehead atoms. The highest BCUT2D eigenvalue weighted by Crippen LogP contribution is 2.69. The standard InChI is InChI=1S/C9H3Cl3F9N/c10-2-1-5(7(13,14)15,8(16,17)18)6(12,9(19,20)21)4(11)3(2)22/h1H,22H2. The van der Waals surface area contributed by atoms with Gasteiger partial charge in [0.15, 0.2) is 0 Å². The van der Waals surface area contributed by atoms with Crippen molar-refractivity contribution in [2.75, 3.05) is 0 Å². The summed E-state index contributed by atoms with van der Waals surface area (Å²) in [5, 5.41) is -3.55. The third-order valence-electron chi connectivity index (χ3n) is 2.97. The number of allylic oxidation sites excluding steroid dienone is 3. The van der Waals surface area contributed by atoms with Crippen molar-refractivity contribution in [3.8, 4) is 0 Å². The first kappa shape index (κ1) is 19.6. The molecule has 0 saturated carbocycles. The van der Waals surface area contributed by atoms with Crippen LogP contribution in [-0.2, 0) is 0 Å². The number of alkyl halides is 10. The Morgan fingerprint density at radius 3 is 1.45 bits per heavy atom. The number of nitrogens with two attached hydrogens (primary N) is 1. The molecule has 1 nitrogen and oxygen atoms in total. The lowest BCUT2D eigenvalue weighted by Gasteiger charge is -2.48. The molecule has 128 valence electrons. The summed E-state index contributed by atoms with van der Waals surface area (Å²) in [7, 11) is 0. The van der Waals surface area contributed by atoms with E-state index in [9.17, 15) is 39.5 Å². The van der Waals surface area contributed by atoms with Crippen LogP contribution in [0.5, 0.6) is 0 Å². The Bertz CT molecular complexity index is 528. The molecule has 1 aliphatic rings. The van der Waals surface area contributed by atoms with Crippen LogP contribution < -0.4 is 5.73 Å². The zero-order valence-electron chi connectivity index (χ0n) is 9.69. The van der Waals surface area contributed by atoms with Crippen molar-refractivity contribution < 1.29 is 39.5 Å². The van der Waals surface area contributed by atoms with Crippen LogP contribution in [0.15, 0.2) is 21.8 Å². The monoisotopic (exact) mass is 401 g/mol. The average molecular weight is 402 g/mol. The van der Waals surface area contributed by atoms with Gasteiger partial charge in [-0.05, 0) is 6.08 Å². The van der Waals surface area contributed by atoms with Crippen LogP contribution in [0.2, 0.25) is 0 Å². The van der Waals surface area contributed by atoms with Crippen LogP contribution in [0.1, 0.15) is 0 Å². The fraction of sp³-hybridized carbons (Fsp3) is 0.556. The molecule has 1 aliphatic carbocycles. The minimum absolute atomic E-state index is 0.920. The molecule has 0 saturated heterocycles. The lowest BCUT2D eigenvalue weighted by molar-refractivity contribution is -0.355. The first-order chi connectivity index (χ1) is 9.45. The van der Waals surface area contributed by atoms with Gasteiger partial charge in [0.1, 0.15) is 0 Å². The largest absolute Gasteiger partial charge is 0.414 e. The Balaban J connectivity index is 4.05. The van der Waals surface area contributed by atoms with Gasteiger partial charge in [0.05, 0.1) is 15.8 Å². The third-order valence-corrected chi connectivity index (χ3v) is 4.57. The van der Waals surface area contributed by atoms with E-state index in [1.165, 1.54) is 0 Å². The molecule has 1 unspecified atom stereocenters. The maximum atomic E-state index is 13.1. The second-order valence-electron chi connectivity index (χ2n) is 4.18. The van der Waals surface area contributed by atoms with E-state index in [4.69, 9.17) is 40.5 Å². The number of hydrogen-bond donors (Lipinski definition) is 1. The van der Waals surface area contributed by atoms with Crippen LogP contribution in [0, 0.1) is 5.41 Å². The molecule has 1 rings (SSSR count). The highest BCUT2D eigenvalue weighted by molar-refractivity contribution is 6.43. The fourth-order valence-corrected chi connectivity index (χ4v) is 2.93. The van der Waals surface area contributed by atoms with Gasteiger partial charge in [0, 0.05) is 0 Å². The fourth-order valence-electron chi connectivity index (χ4n) is 1.89. The molecule has 2 N–H and O–H groups in total. The van der Waals surface area contributed by atoms with Crippen molar-refractivity contribution in [1.29, 1.82) is 0 Å². The van der Waals surface area contributed by atoms with Crippen LogP contribution in [0.3, 0.4) is 0 Å². The summed E-state index contributed by atoms with van der Waals surface area (Å²) in [6.07, 6.45) is -20.2. The molecule has 0 spiro atoms. The zero-order chi connectivity index (χ0) is 17.9. The van der Waals surface area contributed by atoms with Gasteiger partial charge in [-0.1, -0.05) is 23.2 Å². The van der Waals surface area contributed by atoms with Crippen molar-refractivity contribution in [2.45, 2.75) is 23.4 Å². The molecule has 1 atom stereocenters. The summed E-state index contributed by atoms with van der Waals surface area (Å²) in [6.45, 7) is 0. The normalized spacial score (nSPS) is 27.0. The van der Waals surface area contributed by atoms with E-state index in [1.807, 2.05) is 0 Å². The molecular formula is C9H3Cl3F9N. The number of rotatable bonds is 0. The minimum atomic E-state index is -6.52. The summed E-state index contributed by atoms with van der Waals surface area (Å²) >= 11 is 14.9. The molecule has 0 aliphatic heterocycles. The van der Waals surface area contributed by atoms with E-state index in [0.717, 1.165) is 0 Å². The number of hydrogen-bond acceptors (Lipinski definition) is 1. The maximum Gasteiger partial charge on any atom is 0.414 e. The molecule has 0 aromatic rings. The van der Waals surface area contributed by atoms with E-state index in [1.54, 1.807) is 0 Å². The van der Waals surface area contributed by atoms with Crippen LogP contribution >= 0.6 is 34.8 Å². The van der Waals surface area contributed by atoms with E-state index in [2.05, 4.69) is 0 Å². The summed E-state index contributed by atoms with van der Waals surface area (Å²) < 4.78 is 118. The van der Waals surface area contributed by atoms with Gasteiger partial charge >= 0.3 is 18.5 Å². The van der Waals surface area contributed by atoms with Crippen LogP contribution in [-0.4, -0.2) is 23.4 Å². The summed E-state index contributed by atoms with van der Waals surface area (Å²) in [4.78, 5) is -5.11. The average Bonchev–Trinajstić information content (AvgIpc) is 2.26. The van der Waals surface area contributed by atoms with Crippen molar-refractivity contribution in [2.24, 2.45) is 11.1 Å². The Morgan fingerprint density at radius 1 is 0.818 bits per heavy atom. The van der Waals surface area contributed by atoms with Gasteiger partial charge in [0.25, 0.3) is 0 Å². The van der Waals surface area contributed by atoms with Crippen molar-refractivity contribution in [3.05, 3.63) is 21.8 Å². The quantitative estimate of drug-likeness (QED) is 0.438. The van der Waals surface area contributed by atoms with Gasteiger partial charge in [-0.2, -0.15) is 39.5 Å². The Morgan fingerprint density at radius 2 is 1.18 bits per heavy atom. The highest BCUT2D eigenvalue weighted by Gasteiger charge is 2.87. The topological polar surface area (TPSA) is 26.0 Å². The molecule has 0 amide bonds. The van der Waals surface area contributed by atoms with Crippen molar-refractivity contribution in [3.63, 3.8) is 0 Å². The van der Waals surface area contributed by atoms with E-state index in [0.29, 0.717) is 0 Å². The first-order valence-electron chi connectivity index (χ1n) is 4.88. The Labute approximate surface area is 131 Å². The van der Waals surface area contributed by atoms with Crippen LogP contribution in [0.4, 0.5) is 39.5 Å². The Hall–Kier alpha value is -0.480. The summed E-state index contributed by atoms with van der Waals surface area (Å²) in [5.74, 6) is 0. The van der Waals surface area contributed by atoms with Gasteiger partial charge in [0.2, 0.25) is 10.3 Å². The lowest BCUT2D eigenvalue weighted by Crippen LogP contribution is -2.68. The van der Waals surface area contributed by atoms with Crippen LogP contribution in [0.25, 0.3) is 0 Å². The highest BCUT2D eigenvalue weighted by atomic mass is 35.5. The molecule has 13 heteroatoms. The van der Waals surface area contributed by atoms with E-state index < -0.39 is 50.7 Å². The SMILES string of the molecule is NC1=C(Cl)C(Cl)(C(F)(F)F)C(C(F)(F)F)(C(F)(F)F)C=C1Cl. The predicted octanol–water partition coefficient (Wildman–Crippen LogP) is 5.18. The molecular weight excluding hydrogens is 399 g/mol. The van der Waals surface area contributed by atoms with E-state index in [-0.39, 0.29) is 0 Å². The third kappa shape index (κ3) is 2.25. The maximum absolute atomic E-state index is 13.1. The summed E-state index contributed by atoms with van der Waals surface area (Å²) in [5.41, 5.74) is -2.01. The van der Waals surface area contributed by atoms with Gasteiger partial charge < -0.3 is 5.73 Å². The minimum Gasteiger partial charge on any atom is -0.397 e. The lowest BCUT2D eigenvalue weighted by atomic mass is 9.69. The van der Waals surface area contributed by atoms with Crippen molar-refractivity contribution >= 4 is 34.8 Å². The second kappa shape index (κ2) is 5.01. The molecule has 0 fully saturated rings. The Kier molecular flexibility index (Phi) is 4.45. The smallest absolute Gasteiger partial charge is 0.397 e. The molecule has 0 aromatic heterocycles. The van der Waals surface area contributed by atoms with E-state index >= 15 is 0 Å². The molecule has 0 heterocycles. The second-order valence-corrected chi connectivity index (χ2v) is 5.53. The van der Waals surface area contributed by atoms with Gasteiger partial charge in [-0.3, -0.25) is 0 Å². The van der Waals surface area contributed by atoms with Crippen molar-refractivity contribution in [1.82, 2.24) is 0 Å². The molecule has 0 aromatic carbocycles. The molecule has 22 heavy (non-hydrogen) atoms.